The minimum Gasteiger partial charge on any atom is -0.507 e. The Labute approximate surface area is 190 Å². The van der Waals surface area contributed by atoms with Crippen LogP contribution in [-0.4, -0.2) is 22.4 Å². The monoisotopic (exact) mass is 436 g/mol. The van der Waals surface area contributed by atoms with Crippen LogP contribution in [0.4, 0.5) is 0 Å². The van der Waals surface area contributed by atoms with Gasteiger partial charge in [0.15, 0.2) is 11.6 Å². The van der Waals surface area contributed by atoms with Crippen LogP contribution in [0.2, 0.25) is 0 Å². The molecule has 164 valence electrons. The van der Waals surface area contributed by atoms with Gasteiger partial charge >= 0.3 is 0 Å². The molecule has 0 saturated carbocycles. The number of aryl methyl sites for hydroxylation is 2. The van der Waals surface area contributed by atoms with Gasteiger partial charge in [0.1, 0.15) is 5.75 Å². The highest BCUT2D eigenvalue weighted by Gasteiger charge is 2.28. The summed E-state index contributed by atoms with van der Waals surface area (Å²) < 4.78 is 0. The second kappa shape index (κ2) is 8.31. The van der Waals surface area contributed by atoms with E-state index in [9.17, 15) is 14.7 Å². The summed E-state index contributed by atoms with van der Waals surface area (Å²) in [5, 5.41) is 10.9. The molecule has 1 aliphatic carbocycles. The van der Waals surface area contributed by atoms with Gasteiger partial charge in [0, 0.05) is 23.0 Å². The van der Waals surface area contributed by atoms with Crippen molar-refractivity contribution in [1.82, 2.24) is 0 Å². The summed E-state index contributed by atoms with van der Waals surface area (Å²) in [5.41, 5.74) is 4.62. The number of carbonyl (C=O) groups excluding carboxylic acids is 2. The van der Waals surface area contributed by atoms with Crippen LogP contribution in [0.25, 0.3) is 0 Å². The van der Waals surface area contributed by atoms with Gasteiger partial charge < -0.3 is 5.11 Å². The minimum atomic E-state index is -0.177. The Hall–Kier alpha value is -2.33. The van der Waals surface area contributed by atoms with Gasteiger partial charge in [-0.05, 0) is 46.9 Å². The number of allylic oxidation sites excluding steroid dienone is 2. The number of thioether (sulfide) groups is 1. The molecule has 0 heterocycles. The Morgan fingerprint density at radius 1 is 0.871 bits per heavy atom. The number of carbonyl (C=O) groups is 2. The number of phenols is 1. The first-order chi connectivity index (χ1) is 14.3. The van der Waals surface area contributed by atoms with Gasteiger partial charge in [0.05, 0.1) is 4.91 Å². The first-order valence-corrected chi connectivity index (χ1v) is 11.7. The third kappa shape index (κ3) is 4.95. The zero-order valence-electron chi connectivity index (χ0n) is 19.6. The largest absolute Gasteiger partial charge is 0.507 e. The lowest BCUT2D eigenvalue weighted by atomic mass is 9.78. The predicted octanol–water partition coefficient (Wildman–Crippen LogP) is 6.53. The Morgan fingerprint density at radius 2 is 1.45 bits per heavy atom. The third-order valence-electron chi connectivity index (χ3n) is 5.61. The molecule has 4 heteroatoms. The summed E-state index contributed by atoms with van der Waals surface area (Å²) in [6.07, 6.45) is 2.23. The summed E-state index contributed by atoms with van der Waals surface area (Å²) in [7, 11) is 0. The molecular weight excluding hydrogens is 404 g/mol. The van der Waals surface area contributed by atoms with Gasteiger partial charge in [-0.3, -0.25) is 9.59 Å². The van der Waals surface area contributed by atoms with Gasteiger partial charge in [0.25, 0.3) is 0 Å². The van der Waals surface area contributed by atoms with Crippen molar-refractivity contribution in [3.63, 3.8) is 0 Å². The van der Waals surface area contributed by atoms with Crippen molar-refractivity contribution in [3.05, 3.63) is 74.7 Å². The first kappa shape index (κ1) is 23.3. The average Bonchev–Trinajstić information content (AvgIpc) is 2.64. The second-order valence-electron chi connectivity index (χ2n) is 10.4. The Kier molecular flexibility index (Phi) is 6.25. The Morgan fingerprint density at radius 3 is 2.00 bits per heavy atom. The molecule has 0 radical (unpaired) electrons. The van der Waals surface area contributed by atoms with Crippen LogP contribution in [0.3, 0.4) is 0 Å². The van der Waals surface area contributed by atoms with Crippen molar-refractivity contribution in [2.45, 2.75) is 65.7 Å². The summed E-state index contributed by atoms with van der Waals surface area (Å²) in [4.78, 5) is 25.9. The van der Waals surface area contributed by atoms with E-state index in [2.05, 4.69) is 53.7 Å². The molecule has 3 nitrogen and oxygen atoms in total. The number of hydrogen-bond acceptors (Lipinski definition) is 4. The Bertz CT molecular complexity index is 1040. The number of rotatable bonds is 4. The van der Waals surface area contributed by atoms with E-state index >= 15 is 0 Å². The van der Waals surface area contributed by atoms with Crippen LogP contribution in [0, 0.1) is 6.92 Å². The second-order valence-corrected chi connectivity index (χ2v) is 11.5. The zero-order valence-corrected chi connectivity index (χ0v) is 20.4. The van der Waals surface area contributed by atoms with Crippen molar-refractivity contribution in [1.29, 1.82) is 0 Å². The molecule has 2 aromatic rings. The van der Waals surface area contributed by atoms with Gasteiger partial charge in [-0.15, -0.1) is 11.8 Å². The fourth-order valence-electron chi connectivity index (χ4n) is 3.82. The fraction of sp³-hybridized carbons (Fsp3) is 0.407. The zero-order chi connectivity index (χ0) is 23.1. The van der Waals surface area contributed by atoms with E-state index in [1.807, 2.05) is 13.0 Å². The topological polar surface area (TPSA) is 54.4 Å². The van der Waals surface area contributed by atoms with E-state index in [-0.39, 0.29) is 22.4 Å². The van der Waals surface area contributed by atoms with Crippen LogP contribution < -0.4 is 0 Å². The smallest absolute Gasteiger partial charge is 0.200 e. The molecule has 0 aliphatic heterocycles. The van der Waals surface area contributed by atoms with Gasteiger partial charge in [0.2, 0.25) is 0 Å². The van der Waals surface area contributed by atoms with Crippen LogP contribution in [-0.2, 0) is 17.3 Å². The molecule has 0 spiro atoms. The van der Waals surface area contributed by atoms with Gasteiger partial charge in [-0.2, -0.15) is 0 Å². The molecular formula is C27H32O3S. The lowest BCUT2D eigenvalue weighted by Gasteiger charge is -2.28. The molecule has 3 rings (SSSR count). The van der Waals surface area contributed by atoms with Crippen molar-refractivity contribution >= 4 is 23.3 Å². The summed E-state index contributed by atoms with van der Waals surface area (Å²) in [5.74, 6) is 0.884. The van der Waals surface area contributed by atoms with E-state index in [1.165, 1.54) is 17.8 Å². The highest BCUT2D eigenvalue weighted by atomic mass is 32.2. The predicted molar refractivity (Wildman–Crippen MR) is 130 cm³/mol. The molecule has 0 saturated heterocycles. The first-order valence-electron chi connectivity index (χ1n) is 10.7. The molecule has 0 bridgehead atoms. The molecule has 2 aromatic carbocycles. The molecule has 1 N–H and O–H groups in total. The quantitative estimate of drug-likeness (QED) is 0.592. The van der Waals surface area contributed by atoms with Crippen molar-refractivity contribution in [2.75, 3.05) is 5.75 Å². The highest BCUT2D eigenvalue weighted by molar-refractivity contribution is 8.04. The summed E-state index contributed by atoms with van der Waals surface area (Å²) in [6, 6.07) is 9.56. The number of ketones is 2. The average molecular weight is 437 g/mol. The summed E-state index contributed by atoms with van der Waals surface area (Å²) >= 11 is 1.43. The number of aromatic hydroxyl groups is 1. The molecule has 1 aliphatic rings. The lowest BCUT2D eigenvalue weighted by Crippen LogP contribution is -2.18. The van der Waals surface area contributed by atoms with Crippen LogP contribution in [0.1, 0.15) is 84.5 Å². The number of phenolic OH excluding ortho intramolecular Hbond substituents is 1. The summed E-state index contributed by atoms with van der Waals surface area (Å²) in [6.45, 7) is 14.5. The molecule has 31 heavy (non-hydrogen) atoms. The van der Waals surface area contributed by atoms with E-state index in [4.69, 9.17) is 0 Å². The minimum absolute atomic E-state index is 0.0731. The fourth-order valence-corrected chi connectivity index (χ4v) is 4.81. The SMILES string of the molecule is Cc1ccc2c(c1)C(=O)C=C(SCCc1cc(C(C)(C)C)c(O)c(C(C)(C)C)c1)C2=O. The number of Topliss-reactive ketones (excluding diaryl/α,β-unsaturated/α-hetero) is 1. The maximum Gasteiger partial charge on any atom is 0.200 e. The number of benzene rings is 2. The van der Waals surface area contributed by atoms with E-state index in [0.29, 0.717) is 27.5 Å². The van der Waals surface area contributed by atoms with Crippen LogP contribution in [0.5, 0.6) is 5.75 Å². The number of hydrogen-bond donors (Lipinski definition) is 1. The normalized spacial score (nSPS) is 14.5. The van der Waals surface area contributed by atoms with Crippen molar-refractivity contribution in [3.8, 4) is 5.75 Å². The molecule has 0 fully saturated rings. The van der Waals surface area contributed by atoms with Crippen LogP contribution in [0.15, 0.2) is 41.3 Å². The molecule has 0 atom stereocenters. The van der Waals surface area contributed by atoms with E-state index < -0.39 is 0 Å². The maximum atomic E-state index is 12.9. The maximum absolute atomic E-state index is 12.9. The van der Waals surface area contributed by atoms with Gasteiger partial charge in [-0.25, -0.2) is 0 Å². The third-order valence-corrected chi connectivity index (χ3v) is 6.63. The van der Waals surface area contributed by atoms with Crippen molar-refractivity contribution < 1.29 is 14.7 Å². The molecule has 0 aromatic heterocycles. The van der Waals surface area contributed by atoms with Gasteiger partial charge in [-0.1, -0.05) is 71.4 Å². The Balaban J connectivity index is 1.82. The standard InChI is InChI=1S/C27H32O3S/c1-16-8-9-18-19(12-16)22(28)15-23(24(18)29)31-11-10-17-13-20(26(2,3)4)25(30)21(14-17)27(5,6)7/h8-9,12-15,30H,10-11H2,1-7H3. The lowest BCUT2D eigenvalue weighted by molar-refractivity contribution is 0.0991. The van der Waals surface area contributed by atoms with E-state index in [0.717, 1.165) is 28.7 Å². The number of fused-ring (bicyclic) bond motifs is 1. The van der Waals surface area contributed by atoms with Crippen molar-refractivity contribution in [2.24, 2.45) is 0 Å². The van der Waals surface area contributed by atoms with Crippen LogP contribution >= 0.6 is 11.8 Å². The van der Waals surface area contributed by atoms with E-state index in [1.54, 1.807) is 12.1 Å². The molecule has 0 amide bonds. The highest BCUT2D eigenvalue weighted by Crippen LogP contribution is 2.40. The molecule has 0 unspecified atom stereocenters.